The average molecular weight is 672 g/mol. The minimum Gasteiger partial charge on any atom is -0.481 e. The third-order valence-electron chi connectivity index (χ3n) is 6.90. The molecule has 0 aliphatic rings. The zero-order valence-electron chi connectivity index (χ0n) is 26.1. The molecule has 1 amide bonds. The number of carbonyl (C=O) groups is 2. The van der Waals surface area contributed by atoms with Crippen LogP contribution in [0.2, 0.25) is 0 Å². The van der Waals surface area contributed by atoms with Gasteiger partial charge in [0.05, 0.1) is 39.3 Å². The van der Waals surface area contributed by atoms with Crippen LogP contribution in [0.1, 0.15) is 44.4 Å². The van der Waals surface area contributed by atoms with Crippen LogP contribution < -0.4 is 5.32 Å². The number of carboxylic acids is 1. The molecule has 0 saturated carbocycles. The lowest BCUT2D eigenvalue weighted by Gasteiger charge is -2.23. The number of hydrogen-bond donors (Lipinski definition) is 2. The third kappa shape index (κ3) is 10.5. The van der Waals surface area contributed by atoms with Crippen LogP contribution in [0.3, 0.4) is 0 Å². The van der Waals surface area contributed by atoms with Gasteiger partial charge < -0.3 is 10.4 Å². The molecule has 0 aromatic heterocycles. The predicted octanol–water partition coefficient (Wildman–Crippen LogP) is 4.80. The molecule has 10 nitrogen and oxygen atoms in total. The molecule has 0 saturated heterocycles. The van der Waals surface area contributed by atoms with Crippen molar-refractivity contribution in [2.75, 3.05) is 6.54 Å². The van der Waals surface area contributed by atoms with Crippen molar-refractivity contribution in [1.29, 1.82) is 10.5 Å². The summed E-state index contributed by atoms with van der Waals surface area (Å²) < 4.78 is 47.6. The zero-order chi connectivity index (χ0) is 35.3. The highest BCUT2D eigenvalue weighted by Gasteiger charge is 2.30. The van der Waals surface area contributed by atoms with E-state index in [0.29, 0.717) is 11.1 Å². The van der Waals surface area contributed by atoms with E-state index in [9.17, 15) is 26.4 Å². The van der Waals surface area contributed by atoms with Crippen molar-refractivity contribution < 1.29 is 31.5 Å². The molecule has 0 aliphatic carbocycles. The van der Waals surface area contributed by atoms with E-state index in [0.717, 1.165) is 28.5 Å². The topological polar surface area (TPSA) is 182 Å². The van der Waals surface area contributed by atoms with Crippen molar-refractivity contribution in [2.24, 2.45) is 0 Å². The maximum Gasteiger partial charge on any atom is 0.313 e. The second-order valence-corrected chi connectivity index (χ2v) is 14.6. The van der Waals surface area contributed by atoms with Gasteiger partial charge in [-0.2, -0.15) is 10.5 Å². The van der Waals surface area contributed by atoms with Crippen LogP contribution in [0.5, 0.6) is 0 Å². The van der Waals surface area contributed by atoms with Gasteiger partial charge in [-0.15, -0.1) is 0 Å². The Morgan fingerprint density at radius 1 is 0.723 bits per heavy atom. The molecule has 2 N–H and O–H groups in total. The van der Waals surface area contributed by atoms with Gasteiger partial charge in [0, 0.05) is 28.5 Å². The van der Waals surface area contributed by atoms with E-state index in [-0.39, 0.29) is 22.2 Å². The van der Waals surface area contributed by atoms with Gasteiger partial charge in [0.1, 0.15) is 0 Å². The van der Waals surface area contributed by atoms with Crippen LogP contribution in [-0.2, 0) is 40.1 Å². The number of allylic oxidation sites excluding steroid dienone is 2. The van der Waals surface area contributed by atoms with Gasteiger partial charge in [0.2, 0.25) is 25.6 Å². The SMILES string of the molecule is CC(C)(C(=O)NCC#Cc1ccccc1)c1ccc(S(=O)(=O)C=CC#N)cc1.CC(C)(C(=O)O)c1ccc(S(=O)(=O)C=CC#N)cc1. The number of aliphatic carboxylic acids is 1. The number of hydrogen-bond acceptors (Lipinski definition) is 8. The minimum atomic E-state index is -3.67. The Morgan fingerprint density at radius 2 is 1.15 bits per heavy atom. The van der Waals surface area contributed by atoms with Crippen molar-refractivity contribution in [1.82, 2.24) is 5.32 Å². The Balaban J connectivity index is 0.000000353. The van der Waals surface area contributed by atoms with Crippen LogP contribution >= 0.6 is 0 Å². The lowest BCUT2D eigenvalue weighted by molar-refractivity contribution is -0.142. The van der Waals surface area contributed by atoms with Crippen LogP contribution in [0, 0.1) is 34.5 Å². The van der Waals surface area contributed by atoms with E-state index in [2.05, 4.69) is 17.2 Å². The molecule has 0 heterocycles. The summed E-state index contributed by atoms with van der Waals surface area (Å²) >= 11 is 0. The zero-order valence-corrected chi connectivity index (χ0v) is 27.8. The van der Waals surface area contributed by atoms with Gasteiger partial charge in [-0.25, -0.2) is 16.8 Å². The number of carboxylic acid groups (broad SMARTS) is 1. The molecule has 12 heteroatoms. The summed E-state index contributed by atoms with van der Waals surface area (Å²) in [6.45, 7) is 6.80. The monoisotopic (exact) mass is 671 g/mol. The van der Waals surface area contributed by atoms with Gasteiger partial charge in [-0.1, -0.05) is 54.3 Å². The van der Waals surface area contributed by atoms with E-state index < -0.39 is 36.5 Å². The molecule has 0 fully saturated rings. The van der Waals surface area contributed by atoms with Crippen molar-refractivity contribution in [3.05, 3.63) is 119 Å². The summed E-state index contributed by atoms with van der Waals surface area (Å²) in [7, 11) is -7.33. The Hall–Kier alpha value is -5.48. The van der Waals surface area contributed by atoms with E-state index in [4.69, 9.17) is 15.6 Å². The normalized spacial score (nSPS) is 11.7. The molecule has 0 aliphatic heterocycles. The van der Waals surface area contributed by atoms with E-state index >= 15 is 0 Å². The fraction of sp³-hybridized carbons (Fsp3) is 0.200. The largest absolute Gasteiger partial charge is 0.481 e. The van der Waals surface area contributed by atoms with E-state index in [1.165, 1.54) is 50.2 Å². The molecule has 0 spiro atoms. The van der Waals surface area contributed by atoms with E-state index in [1.807, 2.05) is 30.3 Å². The first kappa shape index (κ1) is 37.7. The second kappa shape index (κ2) is 16.2. The molecule has 0 atom stereocenters. The van der Waals surface area contributed by atoms with Crippen LogP contribution in [0.15, 0.2) is 112 Å². The molecule has 0 radical (unpaired) electrons. The lowest BCUT2D eigenvalue weighted by Crippen LogP contribution is -2.40. The van der Waals surface area contributed by atoms with Gasteiger partial charge in [-0.05, 0) is 75.2 Å². The fourth-order valence-electron chi connectivity index (χ4n) is 3.79. The fourth-order valence-corrected chi connectivity index (χ4v) is 5.61. The number of amides is 1. The maximum atomic E-state index is 12.6. The summed E-state index contributed by atoms with van der Waals surface area (Å²) in [5, 5.41) is 30.3. The highest BCUT2D eigenvalue weighted by molar-refractivity contribution is 7.94. The summed E-state index contributed by atoms with van der Waals surface area (Å²) in [6.07, 6.45) is 1.79. The standard InChI is InChI=1S/C22H20N2O3S.C13H13NO4S/c1-22(2,21(25)24-16-6-10-18-8-4-3-5-9-18)19-11-13-20(14-12-19)28(26,27)17-7-15-23;1-13(2,12(15)16)10-4-6-11(7-5-10)19(17,18)9-3-8-14/h3-5,7-9,11-14,17H,16H2,1-2H3,(H,24,25);3-7,9H,1-2H3,(H,15,16). The van der Waals surface area contributed by atoms with Crippen molar-refractivity contribution >= 4 is 31.6 Å². The molecule has 3 aromatic carbocycles. The maximum absolute atomic E-state index is 12.6. The number of sulfone groups is 2. The molecule has 3 rings (SSSR count). The van der Waals surface area contributed by atoms with Gasteiger partial charge >= 0.3 is 5.97 Å². The summed E-state index contributed by atoms with van der Waals surface area (Å²) in [6, 6.07) is 24.4. The molecular formula is C35H33N3O7S2. The molecule has 0 bridgehead atoms. The van der Waals surface area contributed by atoms with Crippen LogP contribution in [0.25, 0.3) is 0 Å². The first-order valence-corrected chi connectivity index (χ1v) is 17.0. The molecule has 3 aromatic rings. The molecular weight excluding hydrogens is 639 g/mol. The third-order valence-corrected chi connectivity index (χ3v) is 9.75. The number of nitrogens with zero attached hydrogens (tertiary/aromatic N) is 2. The van der Waals surface area contributed by atoms with Crippen molar-refractivity contribution in [3.8, 4) is 24.0 Å². The average Bonchev–Trinajstić information content (AvgIpc) is 3.05. The summed E-state index contributed by atoms with van der Waals surface area (Å²) in [5.74, 6) is 4.67. The number of benzene rings is 3. The van der Waals surface area contributed by atoms with Crippen molar-refractivity contribution in [3.63, 3.8) is 0 Å². The van der Waals surface area contributed by atoms with E-state index in [1.54, 1.807) is 38.1 Å². The predicted molar refractivity (Wildman–Crippen MR) is 177 cm³/mol. The van der Waals surface area contributed by atoms with Gasteiger partial charge in [0.15, 0.2) is 0 Å². The van der Waals surface area contributed by atoms with Crippen LogP contribution in [0.4, 0.5) is 0 Å². The Labute approximate surface area is 275 Å². The van der Waals surface area contributed by atoms with Crippen molar-refractivity contribution in [2.45, 2.75) is 48.3 Å². The van der Waals surface area contributed by atoms with Gasteiger partial charge in [-0.3, -0.25) is 9.59 Å². The Kier molecular flexibility index (Phi) is 13.0. The first-order chi connectivity index (χ1) is 22.0. The number of carbonyl (C=O) groups excluding carboxylic acids is 1. The Morgan fingerprint density at radius 3 is 1.55 bits per heavy atom. The number of nitrogens with one attached hydrogen (secondary N) is 1. The lowest BCUT2D eigenvalue weighted by atomic mass is 9.84. The number of nitriles is 2. The van der Waals surface area contributed by atoms with Crippen LogP contribution in [-0.4, -0.2) is 40.4 Å². The smallest absolute Gasteiger partial charge is 0.313 e. The molecule has 242 valence electrons. The summed E-state index contributed by atoms with van der Waals surface area (Å²) in [4.78, 5) is 23.7. The quantitative estimate of drug-likeness (QED) is 0.238. The first-order valence-electron chi connectivity index (χ1n) is 13.9. The molecule has 47 heavy (non-hydrogen) atoms. The number of rotatable bonds is 9. The highest BCUT2D eigenvalue weighted by atomic mass is 32.2. The highest BCUT2D eigenvalue weighted by Crippen LogP contribution is 2.26. The Bertz CT molecular complexity index is 2010. The minimum absolute atomic E-state index is 0.0175. The second-order valence-electron chi connectivity index (χ2n) is 10.9. The molecule has 0 unspecified atom stereocenters. The van der Waals surface area contributed by atoms with Gasteiger partial charge in [0.25, 0.3) is 0 Å². The summed E-state index contributed by atoms with van der Waals surface area (Å²) in [5.41, 5.74) is 0.0926.